The van der Waals surface area contributed by atoms with Gasteiger partial charge in [0.1, 0.15) is 0 Å². The summed E-state index contributed by atoms with van der Waals surface area (Å²) in [7, 11) is 0. The minimum Gasteiger partial charge on any atom is -0.393 e. The zero-order valence-corrected chi connectivity index (χ0v) is 28.6. The first kappa shape index (κ1) is 31.9. The predicted molar refractivity (Wildman–Crippen MR) is 176 cm³/mol. The van der Waals surface area contributed by atoms with E-state index < -0.39 is 11.6 Å². The molecule has 5 N–H and O–H groups in total. The van der Waals surface area contributed by atoms with E-state index in [2.05, 4.69) is 52.1 Å². The average Bonchev–Trinajstić information content (AvgIpc) is 3.64. The quantitative estimate of drug-likeness (QED) is 0.318. The number of nitrogens with one attached hydrogen (secondary N) is 1. The number of aliphatic hydroxyl groups excluding tert-OH is 2. The third kappa shape index (κ3) is 4.31. The molecular weight excluding hydrogens is 562 g/mol. The van der Waals surface area contributed by atoms with Gasteiger partial charge in [-0.1, -0.05) is 65.0 Å². The maximum atomic E-state index is 13.5. The van der Waals surface area contributed by atoms with Gasteiger partial charge in [0.05, 0.1) is 30.0 Å². The van der Waals surface area contributed by atoms with Gasteiger partial charge in [0.25, 0.3) is 0 Å². The molecule has 5 aliphatic carbocycles. The smallest absolute Gasteiger partial charge is 0.317 e. The molecule has 13 atom stereocenters. The summed E-state index contributed by atoms with van der Waals surface area (Å²) in [6.45, 7) is 14.4. The van der Waals surface area contributed by atoms with Gasteiger partial charge in [-0.25, -0.2) is 4.79 Å². The molecule has 7 heteroatoms. The Morgan fingerprint density at radius 2 is 1.76 bits per heavy atom. The van der Waals surface area contributed by atoms with Crippen molar-refractivity contribution >= 4 is 6.03 Å². The summed E-state index contributed by atoms with van der Waals surface area (Å²) in [5, 5.41) is 26.6. The van der Waals surface area contributed by atoms with Crippen LogP contribution in [0, 0.1) is 45.3 Å². The van der Waals surface area contributed by atoms with Crippen molar-refractivity contribution in [3.05, 3.63) is 35.9 Å². The van der Waals surface area contributed by atoms with Crippen LogP contribution in [0.4, 0.5) is 4.79 Å². The standard InChI is InChI=1S/C38H59N3O4/c1-7-24(3)40-33(44)41(20-25-11-9-8-10-12-25)21-26-19-23(2)30-31(45-26)32(43)38(39)28-14-13-27-34(4,5)29(42)15-16-36(27)22-37(28,36)18-17-35(30,38)6/h8-12,23-24,26-32,42-43H,7,13-22,39H2,1-6H3,(H,40,44). The van der Waals surface area contributed by atoms with E-state index in [1.807, 2.05) is 30.0 Å². The molecule has 250 valence electrons. The molecule has 6 fully saturated rings. The summed E-state index contributed by atoms with van der Waals surface area (Å²) < 4.78 is 6.96. The number of aliphatic hydroxyl groups is 2. The molecule has 45 heavy (non-hydrogen) atoms. The largest absolute Gasteiger partial charge is 0.393 e. The number of nitrogens with two attached hydrogens (primary N) is 1. The molecule has 6 aliphatic rings. The molecular formula is C38H59N3O4. The Morgan fingerprint density at radius 3 is 2.47 bits per heavy atom. The zero-order valence-electron chi connectivity index (χ0n) is 28.6. The van der Waals surface area contributed by atoms with Gasteiger partial charge >= 0.3 is 6.03 Å². The number of carbonyl (C=O) groups is 1. The topological polar surface area (TPSA) is 108 Å². The molecule has 1 aliphatic heterocycles. The summed E-state index contributed by atoms with van der Waals surface area (Å²) in [6, 6.07) is 10.2. The first-order chi connectivity index (χ1) is 21.2. The van der Waals surface area contributed by atoms with Crippen molar-refractivity contribution in [2.75, 3.05) is 6.54 Å². The number of nitrogens with zero attached hydrogens (tertiary/aromatic N) is 1. The highest BCUT2D eigenvalue weighted by atomic mass is 16.5. The Labute approximate surface area is 271 Å². The van der Waals surface area contributed by atoms with Crippen molar-refractivity contribution in [2.24, 2.45) is 51.1 Å². The molecule has 5 saturated carbocycles. The summed E-state index contributed by atoms with van der Waals surface area (Å²) in [5.41, 5.74) is 8.32. The van der Waals surface area contributed by atoms with Gasteiger partial charge in [-0.3, -0.25) is 0 Å². The number of amides is 2. The number of hydrogen-bond donors (Lipinski definition) is 4. The van der Waals surface area contributed by atoms with E-state index in [4.69, 9.17) is 10.5 Å². The molecule has 0 aromatic heterocycles. The maximum absolute atomic E-state index is 13.5. The Bertz CT molecular complexity index is 1290. The van der Waals surface area contributed by atoms with Crippen molar-refractivity contribution < 1.29 is 19.7 Å². The Balaban J connectivity index is 1.14. The Kier molecular flexibility index (Phi) is 7.56. The second kappa shape index (κ2) is 10.7. The fourth-order valence-corrected chi connectivity index (χ4v) is 12.8. The van der Waals surface area contributed by atoms with Gasteiger partial charge in [-0.05, 0) is 116 Å². The number of rotatable bonds is 6. The van der Waals surface area contributed by atoms with Crippen molar-refractivity contribution in [1.82, 2.24) is 10.2 Å². The van der Waals surface area contributed by atoms with Crippen molar-refractivity contribution in [3.63, 3.8) is 0 Å². The summed E-state index contributed by atoms with van der Waals surface area (Å²) in [4.78, 5) is 15.4. The first-order valence-electron chi connectivity index (χ1n) is 18.1. The Hall–Kier alpha value is -1.67. The van der Waals surface area contributed by atoms with Gasteiger partial charge < -0.3 is 30.9 Å². The van der Waals surface area contributed by atoms with Crippen molar-refractivity contribution in [3.8, 4) is 0 Å². The lowest BCUT2D eigenvalue weighted by atomic mass is 9.43. The molecule has 1 heterocycles. The number of ether oxygens (including phenoxy) is 1. The van der Waals surface area contributed by atoms with E-state index in [9.17, 15) is 15.0 Å². The molecule has 7 rings (SSSR count). The van der Waals surface area contributed by atoms with E-state index in [1.54, 1.807) is 0 Å². The van der Waals surface area contributed by atoms with Crippen LogP contribution in [-0.2, 0) is 11.3 Å². The van der Waals surface area contributed by atoms with Crippen LogP contribution in [-0.4, -0.2) is 63.7 Å². The lowest BCUT2D eigenvalue weighted by Gasteiger charge is -2.63. The molecule has 2 spiro atoms. The summed E-state index contributed by atoms with van der Waals surface area (Å²) in [5.74, 6) is 1.32. The highest BCUT2D eigenvalue weighted by molar-refractivity contribution is 5.74. The van der Waals surface area contributed by atoms with Gasteiger partial charge in [-0.2, -0.15) is 0 Å². The van der Waals surface area contributed by atoms with Crippen LogP contribution in [0.15, 0.2) is 30.3 Å². The van der Waals surface area contributed by atoms with Crippen LogP contribution >= 0.6 is 0 Å². The van der Waals surface area contributed by atoms with Crippen LogP contribution in [0.5, 0.6) is 0 Å². The van der Waals surface area contributed by atoms with Crippen molar-refractivity contribution in [2.45, 2.75) is 142 Å². The minimum absolute atomic E-state index is 0.0623. The number of benzene rings is 1. The van der Waals surface area contributed by atoms with Crippen LogP contribution in [0.1, 0.15) is 105 Å². The number of carbonyl (C=O) groups excluding carboxylic acids is 1. The van der Waals surface area contributed by atoms with Crippen LogP contribution in [0.2, 0.25) is 0 Å². The molecule has 1 aromatic rings. The van der Waals surface area contributed by atoms with E-state index >= 15 is 0 Å². The highest BCUT2D eigenvalue weighted by Crippen LogP contribution is 2.87. The maximum Gasteiger partial charge on any atom is 0.317 e. The number of urea groups is 1. The van der Waals surface area contributed by atoms with E-state index in [0.717, 1.165) is 50.5 Å². The normalized spacial score (nSPS) is 48.1. The third-order valence-electron chi connectivity index (χ3n) is 15.2. The van der Waals surface area contributed by atoms with Crippen LogP contribution in [0.3, 0.4) is 0 Å². The fourth-order valence-electron chi connectivity index (χ4n) is 12.8. The minimum atomic E-state index is -0.729. The molecule has 2 amide bonds. The third-order valence-corrected chi connectivity index (χ3v) is 15.2. The summed E-state index contributed by atoms with van der Waals surface area (Å²) >= 11 is 0. The van der Waals surface area contributed by atoms with Crippen LogP contribution < -0.4 is 11.1 Å². The monoisotopic (exact) mass is 621 g/mol. The predicted octanol–water partition coefficient (Wildman–Crippen LogP) is 5.86. The lowest BCUT2D eigenvalue weighted by Crippen LogP contribution is -2.70. The molecule has 0 radical (unpaired) electrons. The van der Waals surface area contributed by atoms with E-state index in [0.29, 0.717) is 24.9 Å². The molecule has 13 unspecified atom stereocenters. The Morgan fingerprint density at radius 1 is 1.07 bits per heavy atom. The van der Waals surface area contributed by atoms with Gasteiger partial charge in [0, 0.05) is 19.1 Å². The van der Waals surface area contributed by atoms with Crippen LogP contribution in [0.25, 0.3) is 0 Å². The zero-order chi connectivity index (χ0) is 32.2. The number of fused-ring (bicyclic) bond motifs is 4. The fraction of sp³-hybridized carbons (Fsp3) is 0.816. The highest BCUT2D eigenvalue weighted by Gasteiger charge is 2.85. The lowest BCUT2D eigenvalue weighted by molar-refractivity contribution is -0.152. The number of hydrogen-bond acceptors (Lipinski definition) is 5. The summed E-state index contributed by atoms with van der Waals surface area (Å²) in [6.07, 6.45) is 7.81. The molecule has 0 bridgehead atoms. The second-order valence-corrected chi connectivity index (χ2v) is 17.4. The van der Waals surface area contributed by atoms with E-state index in [1.165, 1.54) is 12.8 Å². The molecule has 1 saturated heterocycles. The van der Waals surface area contributed by atoms with E-state index in [-0.39, 0.29) is 63.9 Å². The second-order valence-electron chi connectivity index (χ2n) is 17.4. The van der Waals surface area contributed by atoms with Crippen molar-refractivity contribution in [1.29, 1.82) is 0 Å². The van der Waals surface area contributed by atoms with Gasteiger partial charge in [0.15, 0.2) is 0 Å². The average molecular weight is 622 g/mol. The first-order valence-corrected chi connectivity index (χ1v) is 18.1. The SMILES string of the molecule is CCC(C)NC(=O)N(Cc1ccccc1)CC1CC(C)C2C(O1)C(O)C1(N)C3CCC4C(C)(C)C(O)CCC45CC35CCC21C. The van der Waals surface area contributed by atoms with Gasteiger partial charge in [-0.15, -0.1) is 0 Å². The molecule has 7 nitrogen and oxygen atoms in total. The van der Waals surface area contributed by atoms with Gasteiger partial charge in [0.2, 0.25) is 0 Å². The molecule has 1 aromatic carbocycles.